The maximum absolute atomic E-state index is 12.2. The highest BCUT2D eigenvalue weighted by atomic mass is 32.1. The van der Waals surface area contributed by atoms with Crippen LogP contribution in [0.5, 0.6) is 0 Å². The van der Waals surface area contributed by atoms with E-state index in [0.29, 0.717) is 6.42 Å². The Morgan fingerprint density at radius 3 is 3.00 bits per heavy atom. The zero-order valence-corrected chi connectivity index (χ0v) is 12.9. The second-order valence-corrected chi connectivity index (χ2v) is 6.22. The van der Waals surface area contributed by atoms with E-state index in [1.807, 2.05) is 49.6 Å². The van der Waals surface area contributed by atoms with Crippen LogP contribution in [-0.4, -0.2) is 5.91 Å². The van der Waals surface area contributed by atoms with Crippen molar-refractivity contribution in [3.8, 4) is 0 Å². The van der Waals surface area contributed by atoms with E-state index in [9.17, 15) is 4.79 Å². The first kappa shape index (κ1) is 13.9. The molecule has 1 aromatic carbocycles. The quantitative estimate of drug-likeness (QED) is 0.783. The van der Waals surface area contributed by atoms with E-state index in [-0.39, 0.29) is 11.9 Å². The van der Waals surface area contributed by atoms with Crippen LogP contribution in [0.1, 0.15) is 29.0 Å². The molecule has 0 saturated heterocycles. The highest BCUT2D eigenvalue weighted by Gasteiger charge is 2.14. The lowest BCUT2D eigenvalue weighted by Gasteiger charge is -2.11. The first-order valence-corrected chi connectivity index (χ1v) is 7.81. The number of rotatable bonds is 4. The van der Waals surface area contributed by atoms with E-state index >= 15 is 0 Å². The van der Waals surface area contributed by atoms with Crippen LogP contribution >= 0.6 is 11.3 Å². The fourth-order valence-corrected chi connectivity index (χ4v) is 3.14. The Balaban J connectivity index is 1.71. The smallest absolute Gasteiger partial charge is 0.225 e. The van der Waals surface area contributed by atoms with Crippen LogP contribution < -0.4 is 5.32 Å². The van der Waals surface area contributed by atoms with E-state index < -0.39 is 0 Å². The molecule has 0 bridgehead atoms. The minimum atomic E-state index is 0.0131. The minimum absolute atomic E-state index is 0.0131. The fraction of sp³-hybridized carbons (Fsp3) is 0.235. The van der Waals surface area contributed by atoms with E-state index in [1.54, 1.807) is 17.6 Å². The number of amides is 1. The molecular formula is C17H17NO2S. The highest BCUT2D eigenvalue weighted by Crippen LogP contribution is 2.23. The van der Waals surface area contributed by atoms with Crippen molar-refractivity contribution in [2.75, 3.05) is 0 Å². The molecule has 1 unspecified atom stereocenters. The van der Waals surface area contributed by atoms with Crippen molar-refractivity contribution in [3.63, 3.8) is 0 Å². The molecule has 21 heavy (non-hydrogen) atoms. The van der Waals surface area contributed by atoms with Crippen molar-refractivity contribution in [3.05, 3.63) is 58.0 Å². The summed E-state index contributed by atoms with van der Waals surface area (Å²) in [6.45, 7) is 4.03. The van der Waals surface area contributed by atoms with Gasteiger partial charge in [-0.25, -0.2) is 0 Å². The number of thiophene rings is 1. The van der Waals surface area contributed by atoms with Crippen LogP contribution in [0.3, 0.4) is 0 Å². The van der Waals surface area contributed by atoms with Gasteiger partial charge in [0.1, 0.15) is 5.58 Å². The molecule has 2 heterocycles. The fourth-order valence-electron chi connectivity index (χ4n) is 2.40. The maximum atomic E-state index is 12.2. The van der Waals surface area contributed by atoms with Gasteiger partial charge in [0.25, 0.3) is 0 Å². The van der Waals surface area contributed by atoms with Crippen LogP contribution in [0.25, 0.3) is 11.0 Å². The Hall–Kier alpha value is -2.07. The van der Waals surface area contributed by atoms with Crippen molar-refractivity contribution in [2.24, 2.45) is 0 Å². The van der Waals surface area contributed by atoms with Gasteiger partial charge in [-0.2, -0.15) is 0 Å². The zero-order chi connectivity index (χ0) is 14.8. The summed E-state index contributed by atoms with van der Waals surface area (Å²) < 4.78 is 5.53. The molecule has 2 aromatic heterocycles. The van der Waals surface area contributed by atoms with Gasteiger partial charge in [0.05, 0.1) is 18.7 Å². The predicted molar refractivity (Wildman–Crippen MR) is 85.5 cm³/mol. The van der Waals surface area contributed by atoms with Crippen LogP contribution in [0.15, 0.2) is 46.4 Å². The molecule has 0 aliphatic rings. The average Bonchev–Trinajstić information content (AvgIpc) is 3.08. The van der Waals surface area contributed by atoms with Gasteiger partial charge in [-0.05, 0) is 36.9 Å². The largest absolute Gasteiger partial charge is 0.464 e. The maximum Gasteiger partial charge on any atom is 0.225 e. The predicted octanol–water partition coefficient (Wildman–Crippen LogP) is 4.22. The van der Waals surface area contributed by atoms with Crippen LogP contribution in [0.2, 0.25) is 0 Å². The SMILES string of the molecule is Cc1ccc2c(CC(=O)NC(C)c3cccs3)coc2c1. The summed E-state index contributed by atoms with van der Waals surface area (Å²) in [7, 11) is 0. The van der Waals surface area contributed by atoms with Crippen LogP contribution in [0, 0.1) is 6.92 Å². The third-order valence-electron chi connectivity index (χ3n) is 3.51. The number of hydrogen-bond acceptors (Lipinski definition) is 3. The third kappa shape index (κ3) is 3.00. The molecular weight excluding hydrogens is 282 g/mol. The molecule has 0 saturated carbocycles. The summed E-state index contributed by atoms with van der Waals surface area (Å²) in [6.07, 6.45) is 2.02. The van der Waals surface area contributed by atoms with Crippen molar-refractivity contribution in [1.29, 1.82) is 0 Å². The van der Waals surface area contributed by atoms with E-state index in [0.717, 1.165) is 27.0 Å². The number of furan rings is 1. The third-order valence-corrected chi connectivity index (χ3v) is 4.56. The number of fused-ring (bicyclic) bond motifs is 1. The van der Waals surface area contributed by atoms with Crippen LogP contribution in [-0.2, 0) is 11.2 Å². The van der Waals surface area contributed by atoms with Crippen molar-refractivity contribution >= 4 is 28.2 Å². The molecule has 0 aliphatic carbocycles. The van der Waals surface area contributed by atoms with Gasteiger partial charge in [0.2, 0.25) is 5.91 Å². The highest BCUT2D eigenvalue weighted by molar-refractivity contribution is 7.10. The second kappa shape index (κ2) is 5.74. The van der Waals surface area contributed by atoms with Crippen LogP contribution in [0.4, 0.5) is 0 Å². The Kier molecular flexibility index (Phi) is 3.80. The summed E-state index contributed by atoms with van der Waals surface area (Å²) in [5, 5.41) is 6.06. The molecule has 3 nitrogen and oxygen atoms in total. The molecule has 0 spiro atoms. The number of hydrogen-bond donors (Lipinski definition) is 1. The summed E-state index contributed by atoms with van der Waals surface area (Å²) in [6, 6.07) is 10.1. The Morgan fingerprint density at radius 2 is 2.24 bits per heavy atom. The molecule has 1 atom stereocenters. The summed E-state index contributed by atoms with van der Waals surface area (Å²) >= 11 is 1.65. The lowest BCUT2D eigenvalue weighted by atomic mass is 10.1. The monoisotopic (exact) mass is 299 g/mol. The van der Waals surface area contributed by atoms with Gasteiger partial charge in [-0.3, -0.25) is 4.79 Å². The number of benzene rings is 1. The number of nitrogens with one attached hydrogen (secondary N) is 1. The zero-order valence-electron chi connectivity index (χ0n) is 12.1. The molecule has 0 radical (unpaired) electrons. The molecule has 0 fully saturated rings. The molecule has 3 aromatic rings. The number of carbonyl (C=O) groups excluding carboxylic acids is 1. The molecule has 3 rings (SSSR count). The van der Waals surface area contributed by atoms with Gasteiger partial charge in [-0.1, -0.05) is 18.2 Å². The average molecular weight is 299 g/mol. The Bertz CT molecular complexity index is 758. The molecule has 108 valence electrons. The van der Waals surface area contributed by atoms with Gasteiger partial charge >= 0.3 is 0 Å². The lowest BCUT2D eigenvalue weighted by Crippen LogP contribution is -2.27. The van der Waals surface area contributed by atoms with Crippen molar-refractivity contribution in [2.45, 2.75) is 26.3 Å². The van der Waals surface area contributed by atoms with E-state index in [4.69, 9.17) is 4.42 Å². The molecule has 4 heteroatoms. The summed E-state index contributed by atoms with van der Waals surface area (Å²) in [4.78, 5) is 13.3. The molecule has 0 aliphatic heterocycles. The van der Waals surface area contributed by atoms with Gasteiger partial charge in [0.15, 0.2) is 0 Å². The second-order valence-electron chi connectivity index (χ2n) is 5.24. The normalized spacial score (nSPS) is 12.5. The number of carbonyl (C=O) groups is 1. The summed E-state index contributed by atoms with van der Waals surface area (Å²) in [5.41, 5.74) is 2.92. The topological polar surface area (TPSA) is 42.2 Å². The summed E-state index contributed by atoms with van der Waals surface area (Å²) in [5.74, 6) is 0.0131. The van der Waals surface area contributed by atoms with E-state index in [1.165, 1.54) is 0 Å². The first-order valence-electron chi connectivity index (χ1n) is 6.93. The Labute approximate surface area is 127 Å². The molecule has 1 amide bonds. The number of aryl methyl sites for hydroxylation is 1. The van der Waals surface area contributed by atoms with Gasteiger partial charge in [0, 0.05) is 15.8 Å². The lowest BCUT2D eigenvalue weighted by molar-refractivity contribution is -0.121. The minimum Gasteiger partial charge on any atom is -0.464 e. The Morgan fingerprint density at radius 1 is 1.38 bits per heavy atom. The van der Waals surface area contributed by atoms with Crippen molar-refractivity contribution in [1.82, 2.24) is 5.32 Å². The molecule has 1 N–H and O–H groups in total. The van der Waals surface area contributed by atoms with Crippen molar-refractivity contribution < 1.29 is 9.21 Å². The van der Waals surface area contributed by atoms with Gasteiger partial charge in [-0.15, -0.1) is 11.3 Å². The van der Waals surface area contributed by atoms with E-state index in [2.05, 4.69) is 5.32 Å². The first-order chi connectivity index (χ1) is 10.1. The standard InChI is InChI=1S/C17H17NO2S/c1-11-5-6-14-13(10-20-15(14)8-11)9-17(19)18-12(2)16-4-3-7-21-16/h3-8,10,12H,9H2,1-2H3,(H,18,19). The van der Waals surface area contributed by atoms with Gasteiger partial charge < -0.3 is 9.73 Å².